The van der Waals surface area contributed by atoms with Crippen molar-refractivity contribution in [2.75, 3.05) is 18.5 Å². The quantitative estimate of drug-likeness (QED) is 0.755. The monoisotopic (exact) mass is 262 g/mol. The first kappa shape index (κ1) is 14.2. The molecule has 0 aliphatic heterocycles. The lowest BCUT2D eigenvalue weighted by Crippen LogP contribution is -2.28. The summed E-state index contributed by atoms with van der Waals surface area (Å²) in [5.41, 5.74) is 7.09. The Kier molecular flexibility index (Phi) is 5.52. The number of benzene rings is 1. The maximum absolute atomic E-state index is 5.98. The number of ether oxygens (including phenoxy) is 1. The van der Waals surface area contributed by atoms with Crippen molar-refractivity contribution in [1.29, 1.82) is 0 Å². The molecule has 3 nitrogen and oxygen atoms in total. The zero-order chi connectivity index (χ0) is 13.5. The molecule has 2 rings (SSSR count). The fourth-order valence-electron chi connectivity index (χ4n) is 2.26. The Hall–Kier alpha value is -1.22. The highest BCUT2D eigenvalue weighted by atomic mass is 16.5. The second kappa shape index (κ2) is 7.39. The molecule has 0 saturated heterocycles. The van der Waals surface area contributed by atoms with Crippen molar-refractivity contribution < 1.29 is 4.74 Å². The average Bonchev–Trinajstić information content (AvgIpc) is 2.36. The van der Waals surface area contributed by atoms with Crippen molar-refractivity contribution in [3.05, 3.63) is 24.3 Å². The minimum absolute atomic E-state index is 0.236. The molecule has 0 bridgehead atoms. The lowest BCUT2D eigenvalue weighted by molar-refractivity contribution is 0.180. The summed E-state index contributed by atoms with van der Waals surface area (Å²) in [5, 5.41) is 3.36. The highest BCUT2D eigenvalue weighted by molar-refractivity contribution is 5.46. The Labute approximate surface area is 116 Å². The van der Waals surface area contributed by atoms with Gasteiger partial charge in [-0.25, -0.2) is 0 Å². The summed E-state index contributed by atoms with van der Waals surface area (Å²) in [4.78, 5) is 0. The van der Waals surface area contributed by atoms with Gasteiger partial charge in [0.25, 0.3) is 0 Å². The Balaban J connectivity index is 1.71. The summed E-state index contributed by atoms with van der Waals surface area (Å²) in [6.07, 6.45) is 6.23. The molecule has 1 aromatic carbocycles. The fraction of sp³-hybridized carbons (Fsp3) is 0.625. The number of hydrogen-bond donors (Lipinski definition) is 2. The summed E-state index contributed by atoms with van der Waals surface area (Å²) in [6, 6.07) is 8.43. The topological polar surface area (TPSA) is 47.3 Å². The molecular formula is C16H26N2O. The lowest BCUT2D eigenvalue weighted by Gasteiger charge is -2.25. The summed E-state index contributed by atoms with van der Waals surface area (Å²) in [6.45, 7) is 3.86. The molecular weight excluding hydrogens is 236 g/mol. The van der Waals surface area contributed by atoms with Gasteiger partial charge in [-0.1, -0.05) is 19.8 Å². The Morgan fingerprint density at radius 2 is 2.05 bits per heavy atom. The number of nitrogens with two attached hydrogens (primary N) is 1. The van der Waals surface area contributed by atoms with Gasteiger partial charge in [0.2, 0.25) is 0 Å². The minimum Gasteiger partial charge on any atom is -0.493 e. The van der Waals surface area contributed by atoms with Crippen LogP contribution in [0.3, 0.4) is 0 Å². The van der Waals surface area contributed by atoms with Crippen molar-refractivity contribution in [3.63, 3.8) is 0 Å². The normalized spacial score (nSPS) is 16.7. The first-order chi connectivity index (χ1) is 9.28. The van der Waals surface area contributed by atoms with Gasteiger partial charge in [-0.05, 0) is 49.4 Å². The standard InChI is InChI=1S/C16H26N2O/c1-2-4-14(17)11-18-15-7-9-16(10-8-15)19-12-13-5-3-6-13/h7-10,13-14,18H,2-6,11-12,17H2,1H3/t14-/m0/s1. The number of nitrogens with one attached hydrogen (secondary N) is 1. The molecule has 0 heterocycles. The molecule has 0 radical (unpaired) electrons. The van der Waals surface area contributed by atoms with Crippen LogP contribution < -0.4 is 15.8 Å². The zero-order valence-corrected chi connectivity index (χ0v) is 11.9. The van der Waals surface area contributed by atoms with E-state index >= 15 is 0 Å². The van der Waals surface area contributed by atoms with E-state index in [0.29, 0.717) is 0 Å². The highest BCUT2D eigenvalue weighted by Crippen LogP contribution is 2.27. The van der Waals surface area contributed by atoms with E-state index < -0.39 is 0 Å². The van der Waals surface area contributed by atoms with Crippen LogP contribution in [0, 0.1) is 5.92 Å². The fourth-order valence-corrected chi connectivity index (χ4v) is 2.26. The lowest BCUT2D eigenvalue weighted by atomic mass is 9.86. The number of hydrogen-bond acceptors (Lipinski definition) is 3. The van der Waals surface area contributed by atoms with Gasteiger partial charge < -0.3 is 15.8 Å². The molecule has 0 spiro atoms. The number of rotatable bonds is 8. The molecule has 1 aliphatic rings. The van der Waals surface area contributed by atoms with Crippen LogP contribution in [0.15, 0.2) is 24.3 Å². The van der Waals surface area contributed by atoms with Crippen LogP contribution in [-0.2, 0) is 0 Å². The van der Waals surface area contributed by atoms with E-state index in [1.54, 1.807) is 0 Å². The average molecular weight is 262 g/mol. The van der Waals surface area contributed by atoms with E-state index in [0.717, 1.165) is 43.3 Å². The van der Waals surface area contributed by atoms with E-state index in [1.165, 1.54) is 19.3 Å². The molecule has 1 saturated carbocycles. The minimum atomic E-state index is 0.236. The maximum atomic E-state index is 5.98. The molecule has 1 aliphatic carbocycles. The molecule has 106 valence electrons. The van der Waals surface area contributed by atoms with Crippen molar-refractivity contribution >= 4 is 5.69 Å². The Morgan fingerprint density at radius 3 is 2.63 bits per heavy atom. The van der Waals surface area contributed by atoms with Crippen LogP contribution in [0.5, 0.6) is 5.75 Å². The highest BCUT2D eigenvalue weighted by Gasteiger charge is 2.17. The molecule has 3 N–H and O–H groups in total. The third kappa shape index (κ3) is 4.75. The van der Waals surface area contributed by atoms with Gasteiger partial charge in [0.1, 0.15) is 5.75 Å². The Morgan fingerprint density at radius 1 is 1.32 bits per heavy atom. The molecule has 3 heteroatoms. The third-order valence-corrected chi connectivity index (χ3v) is 3.79. The Bertz CT molecular complexity index is 360. The summed E-state index contributed by atoms with van der Waals surface area (Å²) in [5.74, 6) is 1.75. The van der Waals surface area contributed by atoms with Crippen LogP contribution in [0.25, 0.3) is 0 Å². The summed E-state index contributed by atoms with van der Waals surface area (Å²) < 4.78 is 5.78. The molecule has 0 amide bonds. The van der Waals surface area contributed by atoms with Crippen LogP contribution >= 0.6 is 0 Å². The van der Waals surface area contributed by atoms with Gasteiger partial charge in [0.05, 0.1) is 6.61 Å². The van der Waals surface area contributed by atoms with E-state index in [-0.39, 0.29) is 6.04 Å². The summed E-state index contributed by atoms with van der Waals surface area (Å²) in [7, 11) is 0. The van der Waals surface area contributed by atoms with Crippen LogP contribution in [0.2, 0.25) is 0 Å². The first-order valence-electron chi connectivity index (χ1n) is 7.50. The van der Waals surface area contributed by atoms with Crippen LogP contribution in [0.1, 0.15) is 39.0 Å². The van der Waals surface area contributed by atoms with Gasteiger partial charge in [-0.15, -0.1) is 0 Å². The van der Waals surface area contributed by atoms with Crippen molar-refractivity contribution in [1.82, 2.24) is 0 Å². The first-order valence-corrected chi connectivity index (χ1v) is 7.50. The smallest absolute Gasteiger partial charge is 0.119 e. The van der Waals surface area contributed by atoms with Crippen LogP contribution in [0.4, 0.5) is 5.69 Å². The second-order valence-electron chi connectivity index (χ2n) is 5.56. The van der Waals surface area contributed by atoms with E-state index in [9.17, 15) is 0 Å². The van der Waals surface area contributed by atoms with Gasteiger partial charge in [0, 0.05) is 18.3 Å². The SMILES string of the molecule is CCC[C@H](N)CNc1ccc(OCC2CCC2)cc1. The number of anilines is 1. The predicted octanol–water partition coefficient (Wildman–Crippen LogP) is 3.40. The van der Waals surface area contributed by atoms with Crippen LogP contribution in [-0.4, -0.2) is 19.2 Å². The van der Waals surface area contributed by atoms with Gasteiger partial charge in [-0.2, -0.15) is 0 Å². The molecule has 0 aromatic heterocycles. The molecule has 19 heavy (non-hydrogen) atoms. The molecule has 1 atom stereocenters. The molecule has 1 aromatic rings. The van der Waals surface area contributed by atoms with Gasteiger partial charge >= 0.3 is 0 Å². The van der Waals surface area contributed by atoms with E-state index in [2.05, 4.69) is 24.4 Å². The van der Waals surface area contributed by atoms with Gasteiger partial charge in [0.15, 0.2) is 0 Å². The second-order valence-corrected chi connectivity index (χ2v) is 5.56. The molecule has 1 fully saturated rings. The maximum Gasteiger partial charge on any atom is 0.119 e. The van der Waals surface area contributed by atoms with Gasteiger partial charge in [-0.3, -0.25) is 0 Å². The van der Waals surface area contributed by atoms with Crippen molar-refractivity contribution in [2.45, 2.75) is 45.1 Å². The zero-order valence-electron chi connectivity index (χ0n) is 11.9. The summed E-state index contributed by atoms with van der Waals surface area (Å²) >= 11 is 0. The predicted molar refractivity (Wildman–Crippen MR) is 80.7 cm³/mol. The largest absolute Gasteiger partial charge is 0.493 e. The third-order valence-electron chi connectivity index (χ3n) is 3.79. The molecule has 0 unspecified atom stereocenters. The van der Waals surface area contributed by atoms with Crippen molar-refractivity contribution in [3.8, 4) is 5.75 Å². The van der Waals surface area contributed by atoms with E-state index in [4.69, 9.17) is 10.5 Å². The van der Waals surface area contributed by atoms with Crippen molar-refractivity contribution in [2.24, 2.45) is 11.7 Å². The van der Waals surface area contributed by atoms with E-state index in [1.807, 2.05) is 12.1 Å².